The maximum atomic E-state index is 13.3. The monoisotopic (exact) mass is 610 g/mol. The lowest BCUT2D eigenvalue weighted by Gasteiger charge is -2.23. The molecule has 0 saturated carbocycles. The summed E-state index contributed by atoms with van der Waals surface area (Å²) in [5, 5.41) is 0. The maximum absolute atomic E-state index is 13.3. The van der Waals surface area contributed by atoms with E-state index in [1.54, 1.807) is 71.9 Å². The molecule has 0 atom stereocenters. The number of esters is 2. The van der Waals surface area contributed by atoms with Crippen molar-refractivity contribution in [1.29, 1.82) is 0 Å². The zero-order valence-corrected chi connectivity index (χ0v) is 28.1. The first-order chi connectivity index (χ1) is 20.6. The van der Waals surface area contributed by atoms with Crippen molar-refractivity contribution in [3.63, 3.8) is 0 Å². The van der Waals surface area contributed by atoms with Crippen molar-refractivity contribution in [1.82, 2.24) is 0 Å². The van der Waals surface area contributed by atoms with Crippen LogP contribution in [0.1, 0.15) is 109 Å². The second kappa shape index (κ2) is 16.3. The highest BCUT2D eigenvalue weighted by Gasteiger charge is 2.25. The number of rotatable bonds is 15. The van der Waals surface area contributed by atoms with E-state index in [9.17, 15) is 14.4 Å². The van der Waals surface area contributed by atoms with Crippen LogP contribution in [0.4, 0.5) is 0 Å². The Bertz CT molecular complexity index is 1290. The van der Waals surface area contributed by atoms with E-state index < -0.39 is 10.8 Å². The molecule has 0 saturated heterocycles. The van der Waals surface area contributed by atoms with Gasteiger partial charge in [-0.2, -0.15) is 0 Å². The van der Waals surface area contributed by atoms with Gasteiger partial charge in [0.2, 0.25) is 13.6 Å². The fourth-order valence-electron chi connectivity index (χ4n) is 4.09. The summed E-state index contributed by atoms with van der Waals surface area (Å²) in [6, 6.07) is 8.70. The Kier molecular flexibility index (Phi) is 13.5. The molecule has 0 radical (unpaired) electrons. The number of aryl methyl sites for hydroxylation is 2. The minimum absolute atomic E-state index is 0.118. The molecule has 2 aromatic carbocycles. The average Bonchev–Trinajstić information content (AvgIpc) is 2.93. The van der Waals surface area contributed by atoms with Crippen LogP contribution in [0.5, 0.6) is 17.2 Å². The Morgan fingerprint density at radius 2 is 1.25 bits per heavy atom. The van der Waals surface area contributed by atoms with E-state index in [1.807, 2.05) is 13.8 Å². The van der Waals surface area contributed by atoms with Gasteiger partial charge in [-0.15, -0.1) is 0 Å². The maximum Gasteiger partial charge on any atom is 0.314 e. The van der Waals surface area contributed by atoms with Gasteiger partial charge in [-0.05, 0) is 122 Å². The number of ether oxygens (including phenoxy) is 5. The van der Waals surface area contributed by atoms with Crippen LogP contribution in [-0.2, 0) is 31.9 Å². The smallest absolute Gasteiger partial charge is 0.314 e. The van der Waals surface area contributed by atoms with Crippen LogP contribution in [0.15, 0.2) is 36.4 Å². The topological polar surface area (TPSA) is 97.4 Å². The first-order valence-corrected chi connectivity index (χ1v) is 15.4. The third-order valence-corrected chi connectivity index (χ3v) is 6.39. The summed E-state index contributed by atoms with van der Waals surface area (Å²) in [4.78, 5) is 37.6. The molecule has 0 amide bonds. The molecule has 0 N–H and O–H groups in total. The summed E-state index contributed by atoms with van der Waals surface area (Å²) in [7, 11) is 0. The Morgan fingerprint density at radius 1 is 0.750 bits per heavy atom. The molecule has 0 aliphatic carbocycles. The minimum atomic E-state index is -0.668. The van der Waals surface area contributed by atoms with Crippen LogP contribution >= 0.6 is 0 Å². The van der Waals surface area contributed by atoms with Crippen molar-refractivity contribution in [2.24, 2.45) is 10.8 Å². The largest absolute Gasteiger partial charge is 0.490 e. The highest BCUT2D eigenvalue weighted by atomic mass is 16.7. The second-order valence-corrected chi connectivity index (χ2v) is 13.0. The number of hydrogen-bond acceptors (Lipinski definition) is 8. The van der Waals surface area contributed by atoms with Gasteiger partial charge in [0, 0.05) is 5.56 Å². The van der Waals surface area contributed by atoms with Gasteiger partial charge in [-0.3, -0.25) is 14.4 Å². The molecule has 0 unspecified atom stereocenters. The van der Waals surface area contributed by atoms with Gasteiger partial charge in [-0.1, -0.05) is 26.7 Å². The van der Waals surface area contributed by atoms with Gasteiger partial charge in [-0.25, -0.2) is 0 Å². The molecular weight excluding hydrogens is 560 g/mol. The lowest BCUT2D eigenvalue weighted by Crippen LogP contribution is -2.25. The third kappa shape index (κ3) is 11.0. The minimum Gasteiger partial charge on any atom is -0.490 e. The van der Waals surface area contributed by atoms with Crippen LogP contribution in [-0.4, -0.2) is 37.4 Å². The highest BCUT2D eigenvalue weighted by molar-refractivity contribution is 6.07. The van der Waals surface area contributed by atoms with Crippen molar-refractivity contribution in [2.45, 2.75) is 101 Å². The van der Waals surface area contributed by atoms with Crippen molar-refractivity contribution >= 4 is 23.8 Å². The van der Waals surface area contributed by atoms with Crippen LogP contribution < -0.4 is 14.2 Å². The van der Waals surface area contributed by atoms with Gasteiger partial charge in [0.15, 0.2) is 5.78 Å². The molecule has 2 aromatic rings. The number of hydrogen-bond donors (Lipinski definition) is 0. The molecule has 8 nitrogen and oxygen atoms in total. The summed E-state index contributed by atoms with van der Waals surface area (Å²) >= 11 is 0. The number of allylic oxidation sites excluding steroid dienone is 1. The van der Waals surface area contributed by atoms with E-state index in [2.05, 4.69) is 19.9 Å². The molecule has 0 fully saturated rings. The molecular formula is C36H50O8. The van der Waals surface area contributed by atoms with Crippen molar-refractivity contribution < 1.29 is 38.1 Å². The molecule has 44 heavy (non-hydrogen) atoms. The summed E-state index contributed by atoms with van der Waals surface area (Å²) in [5.74, 6) is 0.683. The van der Waals surface area contributed by atoms with E-state index in [1.165, 1.54) is 6.08 Å². The van der Waals surface area contributed by atoms with Crippen LogP contribution in [0.3, 0.4) is 0 Å². The van der Waals surface area contributed by atoms with E-state index in [-0.39, 0.29) is 37.4 Å². The Labute approximate surface area is 263 Å². The average molecular weight is 611 g/mol. The normalized spacial score (nSPS) is 11.9. The van der Waals surface area contributed by atoms with Crippen LogP contribution in [0.2, 0.25) is 0 Å². The Hall–Kier alpha value is -3.81. The standard InChI is InChI=1S/C36H50O8/c1-11-13-26-21-27(14-12-2)32(44-24(3)4)29(31(26)41-23-43-34(39)36(8,9)10)19-20-30(37)25-15-17-28(18-16-25)40-22-42-33(38)35(5,6)7/h15-21,24H,11-14,22-23H2,1-10H3. The van der Waals surface area contributed by atoms with Gasteiger partial charge >= 0.3 is 11.9 Å². The quantitative estimate of drug-likeness (QED) is 0.0863. The van der Waals surface area contributed by atoms with E-state index in [0.29, 0.717) is 28.4 Å². The number of benzene rings is 2. The van der Waals surface area contributed by atoms with Crippen molar-refractivity contribution in [2.75, 3.05) is 13.6 Å². The number of ketones is 1. The second-order valence-electron chi connectivity index (χ2n) is 13.0. The molecule has 0 aromatic heterocycles. The SMILES string of the molecule is CCCc1cc(CCC)c(OC(C)C)c(C=CC(=O)c2ccc(OCOC(=O)C(C)(C)C)cc2)c1OCOC(=O)C(C)(C)C. The number of carbonyl (C=O) groups excluding carboxylic acids is 3. The fraction of sp³-hybridized carbons (Fsp3) is 0.528. The third-order valence-electron chi connectivity index (χ3n) is 6.39. The van der Waals surface area contributed by atoms with E-state index in [0.717, 1.165) is 36.8 Å². The van der Waals surface area contributed by atoms with Crippen molar-refractivity contribution in [3.8, 4) is 17.2 Å². The Balaban J connectivity index is 2.41. The first kappa shape index (κ1) is 36.4. The fourth-order valence-corrected chi connectivity index (χ4v) is 4.09. The molecule has 242 valence electrons. The predicted molar refractivity (Wildman–Crippen MR) is 172 cm³/mol. The number of carbonyl (C=O) groups is 3. The lowest BCUT2D eigenvalue weighted by atomic mass is 9.96. The van der Waals surface area contributed by atoms with E-state index >= 15 is 0 Å². The molecule has 0 bridgehead atoms. The summed E-state index contributed by atoms with van der Waals surface area (Å²) in [5.41, 5.74) is 1.78. The molecule has 0 spiro atoms. The molecule has 2 rings (SSSR count). The van der Waals surface area contributed by atoms with Crippen LogP contribution in [0.25, 0.3) is 6.08 Å². The zero-order chi connectivity index (χ0) is 33.1. The summed E-state index contributed by atoms with van der Waals surface area (Å²) in [6.07, 6.45) is 6.41. The molecule has 0 aliphatic heterocycles. The molecule has 0 aliphatic rings. The highest BCUT2D eigenvalue weighted by Crippen LogP contribution is 2.39. The Morgan fingerprint density at radius 3 is 1.73 bits per heavy atom. The van der Waals surface area contributed by atoms with Gasteiger partial charge in [0.05, 0.1) is 22.5 Å². The van der Waals surface area contributed by atoms with Crippen molar-refractivity contribution in [3.05, 3.63) is 58.7 Å². The molecule has 0 heterocycles. The predicted octanol–water partition coefficient (Wildman–Crippen LogP) is 8.13. The van der Waals surface area contributed by atoms with E-state index in [4.69, 9.17) is 23.7 Å². The summed E-state index contributed by atoms with van der Waals surface area (Å²) in [6.45, 7) is 18.3. The zero-order valence-electron chi connectivity index (χ0n) is 28.1. The van der Waals surface area contributed by atoms with Crippen LogP contribution in [0, 0.1) is 10.8 Å². The van der Waals surface area contributed by atoms with Gasteiger partial charge in [0.1, 0.15) is 17.2 Å². The summed E-state index contributed by atoms with van der Waals surface area (Å²) < 4.78 is 28.5. The van der Waals surface area contributed by atoms with Gasteiger partial charge < -0.3 is 23.7 Å². The lowest BCUT2D eigenvalue weighted by molar-refractivity contribution is -0.160. The first-order valence-electron chi connectivity index (χ1n) is 15.4. The van der Waals surface area contributed by atoms with Gasteiger partial charge in [0.25, 0.3) is 0 Å². The molecule has 8 heteroatoms.